The highest BCUT2D eigenvalue weighted by Crippen LogP contribution is 2.29. The van der Waals surface area contributed by atoms with Crippen molar-refractivity contribution in [2.45, 2.75) is 12.8 Å². The second-order valence-electron chi connectivity index (χ2n) is 6.77. The van der Waals surface area contributed by atoms with Crippen LogP contribution in [0.5, 0.6) is 5.75 Å². The lowest BCUT2D eigenvalue weighted by Gasteiger charge is -2.14. The van der Waals surface area contributed by atoms with E-state index in [1.165, 1.54) is 10.5 Å². The van der Waals surface area contributed by atoms with E-state index < -0.39 is 0 Å². The third-order valence-electron chi connectivity index (χ3n) is 4.97. The monoisotopic (exact) mass is 372 g/mol. The predicted molar refractivity (Wildman–Crippen MR) is 109 cm³/mol. The third kappa shape index (κ3) is 3.22. The average Bonchev–Trinajstić information content (AvgIpc) is 2.97. The van der Waals surface area contributed by atoms with Crippen LogP contribution in [0.3, 0.4) is 0 Å². The van der Waals surface area contributed by atoms with Gasteiger partial charge in [0, 0.05) is 5.69 Å². The van der Waals surface area contributed by atoms with Gasteiger partial charge in [-0.3, -0.25) is 9.59 Å². The first-order valence-corrected chi connectivity index (χ1v) is 9.07. The fourth-order valence-electron chi connectivity index (χ4n) is 3.39. The molecule has 2 amide bonds. The number of nitrogens with zero attached hydrogens (tertiary/aromatic N) is 1. The van der Waals surface area contributed by atoms with Crippen molar-refractivity contribution in [3.8, 4) is 5.75 Å². The molecule has 0 radical (unpaired) electrons. The third-order valence-corrected chi connectivity index (χ3v) is 4.97. The van der Waals surface area contributed by atoms with Crippen LogP contribution in [-0.4, -0.2) is 18.9 Å². The molecule has 2 N–H and O–H groups in total. The molecule has 28 heavy (non-hydrogen) atoms. The van der Waals surface area contributed by atoms with Crippen molar-refractivity contribution in [3.05, 3.63) is 89.0 Å². The molecule has 1 heterocycles. The molecule has 1 aliphatic heterocycles. The summed E-state index contributed by atoms with van der Waals surface area (Å²) in [5, 5.41) is 0. The lowest BCUT2D eigenvalue weighted by atomic mass is 10.0. The van der Waals surface area contributed by atoms with Crippen LogP contribution in [0.15, 0.2) is 66.7 Å². The van der Waals surface area contributed by atoms with Gasteiger partial charge in [0.05, 0.1) is 23.9 Å². The number of amides is 2. The number of nitrogens with two attached hydrogens (primary N) is 1. The Morgan fingerprint density at radius 2 is 1.36 bits per heavy atom. The summed E-state index contributed by atoms with van der Waals surface area (Å²) >= 11 is 0. The molecule has 0 unspecified atom stereocenters. The van der Waals surface area contributed by atoms with Gasteiger partial charge in [-0.15, -0.1) is 0 Å². The van der Waals surface area contributed by atoms with Crippen LogP contribution in [0.2, 0.25) is 0 Å². The molecule has 0 fully saturated rings. The van der Waals surface area contributed by atoms with E-state index in [1.54, 1.807) is 25.3 Å². The number of ether oxygens (including phenoxy) is 1. The molecule has 5 heteroatoms. The van der Waals surface area contributed by atoms with Crippen molar-refractivity contribution in [2.24, 2.45) is 0 Å². The van der Waals surface area contributed by atoms with Gasteiger partial charge < -0.3 is 10.5 Å². The normalized spacial score (nSPS) is 13.0. The van der Waals surface area contributed by atoms with E-state index in [9.17, 15) is 9.59 Å². The largest absolute Gasteiger partial charge is 0.497 e. The van der Waals surface area contributed by atoms with Gasteiger partial charge in [-0.2, -0.15) is 0 Å². The summed E-state index contributed by atoms with van der Waals surface area (Å²) in [6.45, 7) is 0. The number of fused-ring (bicyclic) bond motifs is 1. The second kappa shape index (κ2) is 7.19. The van der Waals surface area contributed by atoms with Gasteiger partial charge in [-0.05, 0) is 66.4 Å². The molecule has 0 bridgehead atoms. The number of methoxy groups -OCH3 is 1. The molecular weight excluding hydrogens is 352 g/mol. The van der Waals surface area contributed by atoms with E-state index in [2.05, 4.69) is 12.1 Å². The van der Waals surface area contributed by atoms with Crippen molar-refractivity contribution in [3.63, 3.8) is 0 Å². The molecule has 3 aromatic carbocycles. The van der Waals surface area contributed by atoms with Gasteiger partial charge >= 0.3 is 0 Å². The smallest absolute Gasteiger partial charge is 0.266 e. The number of anilines is 2. The van der Waals surface area contributed by atoms with Crippen molar-refractivity contribution in [2.75, 3.05) is 17.7 Å². The van der Waals surface area contributed by atoms with Crippen LogP contribution in [0, 0.1) is 0 Å². The molecular formula is C23H20N2O3. The Morgan fingerprint density at radius 1 is 0.786 bits per heavy atom. The van der Waals surface area contributed by atoms with E-state index in [1.807, 2.05) is 36.4 Å². The molecule has 3 aromatic rings. The lowest BCUT2D eigenvalue weighted by Crippen LogP contribution is -2.29. The molecule has 1 aliphatic rings. The Kier molecular flexibility index (Phi) is 4.57. The maximum atomic E-state index is 12.6. The van der Waals surface area contributed by atoms with Crippen molar-refractivity contribution in [1.82, 2.24) is 0 Å². The zero-order valence-corrected chi connectivity index (χ0v) is 15.5. The van der Waals surface area contributed by atoms with Crippen LogP contribution in [-0.2, 0) is 12.8 Å². The van der Waals surface area contributed by atoms with Crippen LogP contribution in [0.1, 0.15) is 31.8 Å². The van der Waals surface area contributed by atoms with E-state index in [0.29, 0.717) is 22.5 Å². The quantitative estimate of drug-likeness (QED) is 0.545. The summed E-state index contributed by atoms with van der Waals surface area (Å²) in [7, 11) is 1.65. The fraction of sp³-hybridized carbons (Fsp3) is 0.130. The molecule has 0 spiro atoms. The number of carbonyl (C=O) groups is 2. The summed E-state index contributed by atoms with van der Waals surface area (Å²) in [6, 6.07) is 20.3. The predicted octanol–water partition coefficient (Wildman–Crippen LogP) is 3.86. The van der Waals surface area contributed by atoms with Crippen molar-refractivity contribution < 1.29 is 14.3 Å². The molecule has 4 rings (SSSR count). The van der Waals surface area contributed by atoms with E-state index in [4.69, 9.17) is 10.5 Å². The van der Waals surface area contributed by atoms with Gasteiger partial charge in [-0.1, -0.05) is 24.3 Å². The van der Waals surface area contributed by atoms with Gasteiger partial charge in [-0.25, -0.2) is 4.90 Å². The highest BCUT2D eigenvalue weighted by Gasteiger charge is 2.36. The zero-order chi connectivity index (χ0) is 19.7. The maximum absolute atomic E-state index is 12.6. The Labute approximate surface area is 163 Å². The van der Waals surface area contributed by atoms with Gasteiger partial charge in [0.25, 0.3) is 11.8 Å². The standard InChI is InChI=1S/C23H20N2O3/c1-28-19-11-6-16(7-12-19)3-2-15-4-9-18(10-5-15)25-22(26)20-13-8-17(24)14-21(20)23(25)27/h4-14H,2-3,24H2,1H3. The van der Waals surface area contributed by atoms with Crippen molar-refractivity contribution in [1.29, 1.82) is 0 Å². The lowest BCUT2D eigenvalue weighted by molar-refractivity contribution is 0.0926. The molecule has 0 aromatic heterocycles. The molecule has 140 valence electrons. The number of aryl methyl sites for hydroxylation is 2. The molecule has 0 atom stereocenters. The molecule has 5 nitrogen and oxygen atoms in total. The molecule has 0 saturated carbocycles. The zero-order valence-electron chi connectivity index (χ0n) is 15.5. The Morgan fingerprint density at radius 3 is 1.96 bits per heavy atom. The number of rotatable bonds is 5. The summed E-state index contributed by atoms with van der Waals surface area (Å²) in [4.78, 5) is 26.5. The highest BCUT2D eigenvalue weighted by molar-refractivity contribution is 6.34. The molecule has 0 saturated heterocycles. The Hall–Kier alpha value is -3.60. The van der Waals surface area contributed by atoms with Crippen LogP contribution >= 0.6 is 0 Å². The maximum Gasteiger partial charge on any atom is 0.266 e. The van der Waals surface area contributed by atoms with E-state index in [0.717, 1.165) is 24.2 Å². The van der Waals surface area contributed by atoms with E-state index >= 15 is 0 Å². The number of imide groups is 1. The van der Waals surface area contributed by atoms with Crippen LogP contribution in [0.25, 0.3) is 0 Å². The van der Waals surface area contributed by atoms with Crippen molar-refractivity contribution >= 4 is 23.2 Å². The number of carbonyl (C=O) groups excluding carboxylic acids is 2. The SMILES string of the molecule is COc1ccc(CCc2ccc(N3C(=O)c4ccc(N)cc4C3=O)cc2)cc1. The minimum absolute atomic E-state index is 0.314. The van der Waals surface area contributed by atoms with Crippen LogP contribution in [0.4, 0.5) is 11.4 Å². The van der Waals surface area contributed by atoms with Gasteiger partial charge in [0.15, 0.2) is 0 Å². The number of benzene rings is 3. The minimum atomic E-state index is -0.335. The number of hydrogen-bond donors (Lipinski definition) is 1. The summed E-state index contributed by atoms with van der Waals surface area (Å²) in [5.74, 6) is 0.195. The first-order chi connectivity index (χ1) is 13.6. The average molecular weight is 372 g/mol. The van der Waals surface area contributed by atoms with Crippen LogP contribution < -0.4 is 15.4 Å². The summed E-state index contributed by atoms with van der Waals surface area (Å²) < 4.78 is 5.17. The number of nitrogen functional groups attached to an aromatic ring is 1. The Bertz CT molecular complexity index is 1040. The summed E-state index contributed by atoms with van der Waals surface area (Å²) in [6.07, 6.45) is 1.76. The Balaban J connectivity index is 1.47. The minimum Gasteiger partial charge on any atom is -0.497 e. The van der Waals surface area contributed by atoms with Gasteiger partial charge in [0.1, 0.15) is 5.75 Å². The molecule has 0 aliphatic carbocycles. The highest BCUT2D eigenvalue weighted by atomic mass is 16.5. The van der Waals surface area contributed by atoms with E-state index in [-0.39, 0.29) is 11.8 Å². The van der Waals surface area contributed by atoms with Gasteiger partial charge in [0.2, 0.25) is 0 Å². The number of hydrogen-bond acceptors (Lipinski definition) is 4. The summed E-state index contributed by atoms with van der Waals surface area (Å²) in [5.41, 5.74) is 9.90. The second-order valence-corrected chi connectivity index (χ2v) is 6.77. The topological polar surface area (TPSA) is 72.6 Å². The first kappa shape index (κ1) is 17.8. The first-order valence-electron chi connectivity index (χ1n) is 9.07. The fourth-order valence-corrected chi connectivity index (χ4v) is 3.39.